The van der Waals surface area contributed by atoms with Gasteiger partial charge in [-0.1, -0.05) is 23.5 Å². The Bertz CT molecular complexity index is 1080. The number of aromatic nitrogens is 3. The van der Waals surface area contributed by atoms with Gasteiger partial charge in [-0.3, -0.25) is 14.8 Å². The molecule has 0 unspecified atom stereocenters. The van der Waals surface area contributed by atoms with Gasteiger partial charge in [-0.2, -0.15) is 5.10 Å². The topological polar surface area (TPSA) is 94.0 Å². The molecule has 2 aromatic heterocycles. The van der Waals surface area contributed by atoms with E-state index in [1.54, 1.807) is 18.5 Å². The number of sulfone groups is 1. The molecule has 0 bridgehead atoms. The number of thiazole rings is 1. The fraction of sp³-hybridized carbons (Fsp3) is 0.353. The van der Waals surface area contributed by atoms with Crippen LogP contribution in [0, 0.1) is 13.8 Å². The average molecular weight is 390 g/mol. The minimum absolute atomic E-state index is 0.0773. The van der Waals surface area contributed by atoms with E-state index in [0.29, 0.717) is 28.5 Å². The monoisotopic (exact) mass is 390 g/mol. The van der Waals surface area contributed by atoms with Gasteiger partial charge >= 0.3 is 0 Å². The summed E-state index contributed by atoms with van der Waals surface area (Å²) in [6.07, 6.45) is 0.531. The van der Waals surface area contributed by atoms with Crippen LogP contribution in [-0.2, 0) is 9.84 Å². The van der Waals surface area contributed by atoms with Crippen LogP contribution in [0.1, 0.15) is 34.2 Å². The Kier molecular flexibility index (Phi) is 4.07. The summed E-state index contributed by atoms with van der Waals surface area (Å²) in [6.45, 7) is 3.57. The molecule has 1 aromatic carbocycles. The van der Waals surface area contributed by atoms with E-state index in [9.17, 15) is 13.2 Å². The average Bonchev–Trinajstić information content (AvgIpc) is 3.22. The molecule has 1 saturated heterocycles. The number of benzene rings is 1. The summed E-state index contributed by atoms with van der Waals surface area (Å²) in [5.41, 5.74) is 2.59. The van der Waals surface area contributed by atoms with E-state index >= 15 is 0 Å². The normalized spacial score (nSPS) is 19.1. The lowest BCUT2D eigenvalue weighted by molar-refractivity contribution is 0.102. The molecule has 4 rings (SSSR count). The van der Waals surface area contributed by atoms with Gasteiger partial charge in [0.05, 0.1) is 39.0 Å². The molecule has 1 atom stereocenters. The van der Waals surface area contributed by atoms with E-state index in [1.807, 2.05) is 24.3 Å². The third kappa shape index (κ3) is 3.01. The lowest BCUT2D eigenvalue weighted by atomic mass is 10.1. The van der Waals surface area contributed by atoms with Crippen LogP contribution in [-0.4, -0.2) is 40.6 Å². The number of aryl methyl sites for hydroxylation is 1. The van der Waals surface area contributed by atoms with Crippen molar-refractivity contribution in [3.63, 3.8) is 0 Å². The summed E-state index contributed by atoms with van der Waals surface area (Å²) in [5, 5.41) is 7.82. The Hall–Kier alpha value is -2.26. The summed E-state index contributed by atoms with van der Waals surface area (Å²) in [4.78, 5) is 17.2. The van der Waals surface area contributed by atoms with Gasteiger partial charge in [0, 0.05) is 5.69 Å². The first-order valence-electron chi connectivity index (χ1n) is 8.27. The Labute approximate surface area is 155 Å². The maximum atomic E-state index is 12.8. The van der Waals surface area contributed by atoms with Crippen LogP contribution in [0.15, 0.2) is 24.3 Å². The molecule has 9 heteroatoms. The fourth-order valence-corrected chi connectivity index (χ4v) is 5.95. The van der Waals surface area contributed by atoms with Crippen LogP contribution in [0.25, 0.3) is 10.2 Å². The van der Waals surface area contributed by atoms with Gasteiger partial charge in [0.2, 0.25) is 0 Å². The molecular formula is C17H18N4O3S2. The number of carbonyl (C=O) groups is 1. The molecule has 1 aliphatic heterocycles. The molecule has 1 aliphatic rings. The molecule has 1 amide bonds. The third-order valence-corrected chi connectivity index (χ3v) is 7.32. The molecule has 0 aliphatic carbocycles. The standard InChI is InChI=1S/C17H18N4O3S2/c1-10-15(11(2)21(20-10)12-7-8-26(23,24)9-12)16(22)19-17-18-13-5-3-4-6-14(13)25-17/h3-6,12H,7-9H2,1-2H3,(H,18,19,22)/t12-/m1/s1. The summed E-state index contributed by atoms with van der Waals surface area (Å²) in [6, 6.07) is 7.48. The number of amides is 1. The first-order valence-corrected chi connectivity index (χ1v) is 10.9. The maximum absolute atomic E-state index is 12.8. The Balaban J connectivity index is 1.62. The van der Waals surface area contributed by atoms with Gasteiger partial charge in [-0.15, -0.1) is 0 Å². The minimum Gasteiger partial charge on any atom is -0.298 e. The molecule has 7 nitrogen and oxygen atoms in total. The summed E-state index contributed by atoms with van der Waals surface area (Å²) in [5.74, 6) is -0.0249. The van der Waals surface area contributed by atoms with Crippen molar-refractivity contribution in [1.82, 2.24) is 14.8 Å². The number of anilines is 1. The van der Waals surface area contributed by atoms with Crippen LogP contribution in [0.4, 0.5) is 5.13 Å². The molecule has 0 radical (unpaired) electrons. The van der Waals surface area contributed by atoms with Gasteiger partial charge in [-0.25, -0.2) is 13.4 Å². The van der Waals surface area contributed by atoms with Crippen molar-refractivity contribution in [3.8, 4) is 0 Å². The SMILES string of the molecule is Cc1nn([C@@H]2CCS(=O)(=O)C2)c(C)c1C(=O)Nc1nc2ccccc2s1. The smallest absolute Gasteiger partial charge is 0.261 e. The predicted octanol–water partition coefficient (Wildman–Crippen LogP) is 2.72. The first kappa shape index (κ1) is 17.2. The Morgan fingerprint density at radius 2 is 2.08 bits per heavy atom. The number of nitrogens with one attached hydrogen (secondary N) is 1. The van der Waals surface area contributed by atoms with Crippen molar-refractivity contribution in [2.45, 2.75) is 26.3 Å². The molecule has 0 saturated carbocycles. The molecule has 1 N–H and O–H groups in total. The van der Waals surface area contributed by atoms with Crippen LogP contribution in [0.3, 0.4) is 0 Å². The highest BCUT2D eigenvalue weighted by Crippen LogP contribution is 2.29. The second-order valence-corrected chi connectivity index (χ2v) is 9.75. The zero-order valence-corrected chi connectivity index (χ0v) is 16.0. The highest BCUT2D eigenvalue weighted by atomic mass is 32.2. The van der Waals surface area contributed by atoms with E-state index in [2.05, 4.69) is 15.4 Å². The number of fused-ring (bicyclic) bond motifs is 1. The van der Waals surface area contributed by atoms with Gasteiger partial charge in [0.25, 0.3) is 5.91 Å². The van der Waals surface area contributed by atoms with E-state index < -0.39 is 9.84 Å². The zero-order valence-electron chi connectivity index (χ0n) is 14.4. The largest absolute Gasteiger partial charge is 0.298 e. The lowest BCUT2D eigenvalue weighted by Gasteiger charge is -2.11. The maximum Gasteiger partial charge on any atom is 0.261 e. The van der Waals surface area contributed by atoms with E-state index in [1.165, 1.54) is 11.3 Å². The van der Waals surface area contributed by atoms with Crippen molar-refractivity contribution in [1.29, 1.82) is 0 Å². The summed E-state index contributed by atoms with van der Waals surface area (Å²) < 4.78 is 26.2. The lowest BCUT2D eigenvalue weighted by Crippen LogP contribution is -2.16. The van der Waals surface area contributed by atoms with Gasteiger partial charge in [0.15, 0.2) is 15.0 Å². The minimum atomic E-state index is -3.02. The van der Waals surface area contributed by atoms with Crippen LogP contribution in [0.2, 0.25) is 0 Å². The quantitative estimate of drug-likeness (QED) is 0.742. The number of para-hydroxylation sites is 1. The second kappa shape index (κ2) is 6.17. The number of nitrogens with zero attached hydrogens (tertiary/aromatic N) is 3. The van der Waals surface area contributed by atoms with Crippen molar-refractivity contribution in [3.05, 3.63) is 41.2 Å². The van der Waals surface area contributed by atoms with Crippen molar-refractivity contribution >= 4 is 42.4 Å². The number of carbonyl (C=O) groups excluding carboxylic acids is 1. The fourth-order valence-electron chi connectivity index (χ4n) is 3.40. The highest BCUT2D eigenvalue weighted by molar-refractivity contribution is 7.91. The Morgan fingerprint density at radius 3 is 2.77 bits per heavy atom. The van der Waals surface area contributed by atoms with E-state index in [-0.39, 0.29) is 23.5 Å². The second-order valence-electron chi connectivity index (χ2n) is 6.49. The van der Waals surface area contributed by atoms with Crippen molar-refractivity contribution < 1.29 is 13.2 Å². The Morgan fingerprint density at radius 1 is 1.31 bits per heavy atom. The molecule has 26 heavy (non-hydrogen) atoms. The third-order valence-electron chi connectivity index (χ3n) is 4.62. The number of hydrogen-bond donors (Lipinski definition) is 1. The van der Waals surface area contributed by atoms with Crippen LogP contribution in [0.5, 0.6) is 0 Å². The summed E-state index contributed by atoms with van der Waals surface area (Å²) >= 11 is 1.41. The van der Waals surface area contributed by atoms with Gasteiger partial charge in [0.1, 0.15) is 0 Å². The van der Waals surface area contributed by atoms with Crippen molar-refractivity contribution in [2.75, 3.05) is 16.8 Å². The van der Waals surface area contributed by atoms with Crippen molar-refractivity contribution in [2.24, 2.45) is 0 Å². The van der Waals surface area contributed by atoms with E-state index in [4.69, 9.17) is 0 Å². The molecular weight excluding hydrogens is 372 g/mol. The zero-order chi connectivity index (χ0) is 18.5. The molecule has 1 fully saturated rings. The molecule has 3 heterocycles. The molecule has 136 valence electrons. The van der Waals surface area contributed by atoms with Gasteiger partial charge in [-0.05, 0) is 32.4 Å². The molecule has 0 spiro atoms. The summed E-state index contributed by atoms with van der Waals surface area (Å²) in [7, 11) is -3.02. The predicted molar refractivity (Wildman–Crippen MR) is 102 cm³/mol. The highest BCUT2D eigenvalue weighted by Gasteiger charge is 2.32. The van der Waals surface area contributed by atoms with E-state index in [0.717, 1.165) is 10.2 Å². The number of rotatable bonds is 3. The number of hydrogen-bond acceptors (Lipinski definition) is 6. The van der Waals surface area contributed by atoms with Crippen LogP contribution < -0.4 is 5.32 Å². The van der Waals surface area contributed by atoms with Gasteiger partial charge < -0.3 is 0 Å². The first-order chi connectivity index (χ1) is 12.3. The van der Waals surface area contributed by atoms with Crippen LogP contribution >= 0.6 is 11.3 Å². The molecule has 3 aromatic rings.